The van der Waals surface area contributed by atoms with Crippen molar-refractivity contribution < 1.29 is 13.9 Å². The summed E-state index contributed by atoms with van der Waals surface area (Å²) in [5, 5.41) is 12.0. The first kappa shape index (κ1) is 20.6. The molecular formula is C21H21ClN4O3S. The van der Waals surface area contributed by atoms with Gasteiger partial charge < -0.3 is 19.4 Å². The molecule has 1 amide bonds. The normalized spacial score (nSPS) is 13.5. The van der Waals surface area contributed by atoms with Crippen LogP contribution in [0.4, 0.5) is 11.4 Å². The zero-order valence-corrected chi connectivity index (χ0v) is 18.0. The smallest absolute Gasteiger partial charge is 0.277 e. The summed E-state index contributed by atoms with van der Waals surface area (Å²) < 4.78 is 10.8. The molecule has 0 unspecified atom stereocenters. The second-order valence-corrected chi connectivity index (χ2v) is 8.10. The first-order valence-electron chi connectivity index (χ1n) is 9.58. The molecule has 1 saturated heterocycles. The van der Waals surface area contributed by atoms with Crippen LogP contribution < -0.4 is 15.0 Å². The fourth-order valence-electron chi connectivity index (χ4n) is 3.31. The van der Waals surface area contributed by atoms with Gasteiger partial charge in [0.05, 0.1) is 29.3 Å². The van der Waals surface area contributed by atoms with E-state index in [4.69, 9.17) is 20.8 Å². The van der Waals surface area contributed by atoms with Crippen molar-refractivity contribution in [1.29, 1.82) is 0 Å². The van der Waals surface area contributed by atoms with E-state index >= 15 is 0 Å². The second-order valence-electron chi connectivity index (χ2n) is 6.77. The predicted octanol–water partition coefficient (Wildman–Crippen LogP) is 4.73. The number of aromatic nitrogens is 2. The largest absolute Gasteiger partial charge is 0.497 e. The Kier molecular flexibility index (Phi) is 6.44. The number of nitrogens with one attached hydrogen (secondary N) is 1. The highest BCUT2D eigenvalue weighted by molar-refractivity contribution is 7.99. The standard InChI is InChI=1S/C21H21ClN4O3S/c1-28-15-9-7-14(8-10-15)20-24-25-21(29-20)30-13-18(27)23-17-6-4-5-16(22)19(17)26-11-2-3-12-26/h4-10H,2-3,11-13H2,1H3,(H,23,27). The topological polar surface area (TPSA) is 80.5 Å². The van der Waals surface area contributed by atoms with Crippen molar-refractivity contribution >= 4 is 40.6 Å². The average Bonchev–Trinajstić information content (AvgIpc) is 3.45. The Labute approximate surface area is 183 Å². The fourth-order valence-corrected chi connectivity index (χ4v) is 4.17. The SMILES string of the molecule is COc1ccc(-c2nnc(SCC(=O)Nc3cccc(Cl)c3N3CCCC3)o2)cc1. The zero-order chi connectivity index (χ0) is 20.9. The van der Waals surface area contributed by atoms with Gasteiger partial charge in [-0.25, -0.2) is 0 Å². The van der Waals surface area contributed by atoms with Crippen molar-refractivity contribution in [1.82, 2.24) is 10.2 Å². The summed E-state index contributed by atoms with van der Waals surface area (Å²) in [5.74, 6) is 1.13. The maximum absolute atomic E-state index is 12.5. The van der Waals surface area contributed by atoms with Gasteiger partial charge in [0.2, 0.25) is 11.8 Å². The maximum Gasteiger partial charge on any atom is 0.277 e. The van der Waals surface area contributed by atoms with Crippen molar-refractivity contribution in [3.8, 4) is 17.2 Å². The Balaban J connectivity index is 1.38. The van der Waals surface area contributed by atoms with Crippen molar-refractivity contribution in [2.75, 3.05) is 36.2 Å². The lowest BCUT2D eigenvalue weighted by molar-refractivity contribution is -0.113. The van der Waals surface area contributed by atoms with Crippen LogP contribution in [0.1, 0.15) is 12.8 Å². The quantitative estimate of drug-likeness (QED) is 0.527. The molecule has 156 valence electrons. The molecule has 0 saturated carbocycles. The molecule has 1 fully saturated rings. The number of nitrogens with zero attached hydrogens (tertiary/aromatic N) is 3. The third kappa shape index (κ3) is 4.71. The van der Waals surface area contributed by atoms with Gasteiger partial charge in [0.25, 0.3) is 5.22 Å². The molecule has 3 aromatic rings. The van der Waals surface area contributed by atoms with Crippen molar-refractivity contribution in [3.63, 3.8) is 0 Å². The predicted molar refractivity (Wildman–Crippen MR) is 119 cm³/mol. The van der Waals surface area contributed by atoms with Gasteiger partial charge in [0, 0.05) is 18.7 Å². The van der Waals surface area contributed by atoms with Crippen LogP contribution in [0.15, 0.2) is 52.1 Å². The zero-order valence-electron chi connectivity index (χ0n) is 16.4. The fraction of sp³-hybridized carbons (Fsp3) is 0.286. The number of methoxy groups -OCH3 is 1. The van der Waals surface area contributed by atoms with Gasteiger partial charge in [0.1, 0.15) is 5.75 Å². The Bertz CT molecular complexity index is 1020. The van der Waals surface area contributed by atoms with Gasteiger partial charge in [-0.05, 0) is 49.2 Å². The lowest BCUT2D eigenvalue weighted by Crippen LogP contribution is -2.22. The molecular weight excluding hydrogens is 424 g/mol. The first-order valence-corrected chi connectivity index (χ1v) is 10.9. The molecule has 0 radical (unpaired) electrons. The monoisotopic (exact) mass is 444 g/mol. The number of hydrogen-bond acceptors (Lipinski definition) is 7. The van der Waals surface area contributed by atoms with E-state index in [0.717, 1.165) is 48.6 Å². The van der Waals surface area contributed by atoms with Crippen LogP contribution in [-0.4, -0.2) is 42.1 Å². The molecule has 0 spiro atoms. The van der Waals surface area contributed by atoms with Crippen LogP contribution >= 0.6 is 23.4 Å². The minimum atomic E-state index is -0.160. The highest BCUT2D eigenvalue weighted by Crippen LogP contribution is 2.36. The molecule has 2 heterocycles. The van der Waals surface area contributed by atoms with Gasteiger partial charge in [0.15, 0.2) is 0 Å². The molecule has 2 aromatic carbocycles. The third-order valence-corrected chi connectivity index (χ3v) is 5.88. The number of amides is 1. The number of ether oxygens (including phenoxy) is 1. The number of rotatable bonds is 7. The summed E-state index contributed by atoms with van der Waals surface area (Å²) >= 11 is 7.60. The summed E-state index contributed by atoms with van der Waals surface area (Å²) in [6.07, 6.45) is 2.25. The average molecular weight is 445 g/mol. The summed E-state index contributed by atoms with van der Waals surface area (Å²) in [7, 11) is 1.61. The number of carbonyl (C=O) groups excluding carboxylic acids is 1. The first-order chi connectivity index (χ1) is 14.6. The van der Waals surface area contributed by atoms with E-state index in [1.54, 1.807) is 7.11 Å². The van der Waals surface area contributed by atoms with E-state index in [0.29, 0.717) is 16.1 Å². The van der Waals surface area contributed by atoms with Crippen LogP contribution in [0.2, 0.25) is 5.02 Å². The number of halogens is 1. The molecule has 30 heavy (non-hydrogen) atoms. The van der Waals surface area contributed by atoms with E-state index in [1.807, 2.05) is 42.5 Å². The van der Waals surface area contributed by atoms with Crippen molar-refractivity contribution in [3.05, 3.63) is 47.5 Å². The maximum atomic E-state index is 12.5. The van der Waals surface area contributed by atoms with E-state index in [1.165, 1.54) is 11.8 Å². The summed E-state index contributed by atoms with van der Waals surface area (Å²) in [4.78, 5) is 14.7. The van der Waals surface area contributed by atoms with Gasteiger partial charge >= 0.3 is 0 Å². The number of para-hydroxylation sites is 1. The van der Waals surface area contributed by atoms with Gasteiger partial charge in [-0.3, -0.25) is 4.79 Å². The molecule has 9 heteroatoms. The number of anilines is 2. The molecule has 0 bridgehead atoms. The van der Waals surface area contributed by atoms with Crippen LogP contribution in [0, 0.1) is 0 Å². The van der Waals surface area contributed by atoms with Crippen LogP contribution in [0.5, 0.6) is 5.75 Å². The number of hydrogen-bond donors (Lipinski definition) is 1. The molecule has 1 aliphatic rings. The number of carbonyl (C=O) groups is 1. The van der Waals surface area contributed by atoms with Gasteiger partial charge in [-0.15, -0.1) is 10.2 Å². The van der Waals surface area contributed by atoms with E-state index < -0.39 is 0 Å². The van der Waals surface area contributed by atoms with E-state index in [-0.39, 0.29) is 11.7 Å². The molecule has 0 atom stereocenters. The Morgan fingerprint density at radius 1 is 1.20 bits per heavy atom. The Morgan fingerprint density at radius 2 is 1.97 bits per heavy atom. The molecule has 0 aliphatic carbocycles. The summed E-state index contributed by atoms with van der Waals surface area (Å²) in [5.41, 5.74) is 2.39. The minimum Gasteiger partial charge on any atom is -0.497 e. The lowest BCUT2D eigenvalue weighted by Gasteiger charge is -2.22. The minimum absolute atomic E-state index is 0.149. The molecule has 1 aromatic heterocycles. The lowest BCUT2D eigenvalue weighted by atomic mass is 10.2. The van der Waals surface area contributed by atoms with Gasteiger partial charge in [-0.1, -0.05) is 29.4 Å². The highest BCUT2D eigenvalue weighted by atomic mass is 35.5. The Morgan fingerprint density at radius 3 is 2.70 bits per heavy atom. The molecule has 1 N–H and O–H groups in total. The van der Waals surface area contributed by atoms with Crippen LogP contribution in [-0.2, 0) is 4.79 Å². The third-order valence-electron chi connectivity index (χ3n) is 4.75. The molecule has 1 aliphatic heterocycles. The Hall–Kier alpha value is -2.71. The highest BCUT2D eigenvalue weighted by Gasteiger charge is 2.20. The van der Waals surface area contributed by atoms with Gasteiger partial charge in [-0.2, -0.15) is 0 Å². The summed E-state index contributed by atoms with van der Waals surface area (Å²) in [6.45, 7) is 1.88. The van der Waals surface area contributed by atoms with E-state index in [2.05, 4.69) is 20.4 Å². The summed E-state index contributed by atoms with van der Waals surface area (Å²) in [6, 6.07) is 12.9. The molecule has 7 nitrogen and oxygen atoms in total. The van der Waals surface area contributed by atoms with Crippen molar-refractivity contribution in [2.45, 2.75) is 18.1 Å². The van der Waals surface area contributed by atoms with Crippen molar-refractivity contribution in [2.24, 2.45) is 0 Å². The second kappa shape index (κ2) is 9.40. The van der Waals surface area contributed by atoms with Crippen LogP contribution in [0.3, 0.4) is 0 Å². The van der Waals surface area contributed by atoms with E-state index in [9.17, 15) is 4.79 Å². The van der Waals surface area contributed by atoms with Crippen LogP contribution in [0.25, 0.3) is 11.5 Å². The molecule has 4 rings (SSSR count). The number of thioether (sulfide) groups is 1. The number of benzene rings is 2.